The molecule has 8 heteroatoms. The molecule has 0 bridgehead atoms. The van der Waals surface area contributed by atoms with Crippen molar-refractivity contribution in [2.45, 2.75) is 19.5 Å². The van der Waals surface area contributed by atoms with Gasteiger partial charge >= 0.3 is 6.18 Å². The van der Waals surface area contributed by atoms with Crippen molar-refractivity contribution in [2.75, 3.05) is 0 Å². The van der Waals surface area contributed by atoms with E-state index in [0.29, 0.717) is 17.8 Å². The Morgan fingerprint density at radius 2 is 2.04 bits per heavy atom. The van der Waals surface area contributed by atoms with Gasteiger partial charge in [-0.15, -0.1) is 0 Å². The van der Waals surface area contributed by atoms with Gasteiger partial charge in [0.2, 0.25) is 5.75 Å². The van der Waals surface area contributed by atoms with Crippen molar-refractivity contribution in [3.63, 3.8) is 0 Å². The first-order valence-corrected chi connectivity index (χ1v) is 6.81. The second-order valence-corrected chi connectivity index (χ2v) is 4.79. The van der Waals surface area contributed by atoms with Crippen LogP contribution in [0.5, 0.6) is 17.4 Å². The molecule has 1 N–H and O–H groups in total. The Labute approximate surface area is 129 Å². The molecule has 0 saturated carbocycles. The summed E-state index contributed by atoms with van der Waals surface area (Å²) in [5.41, 5.74) is 0.0179. The Balaban J connectivity index is 2.06. The van der Waals surface area contributed by atoms with Crippen molar-refractivity contribution >= 4 is 5.65 Å². The smallest absolute Gasteiger partial charge is 0.416 e. The van der Waals surface area contributed by atoms with Crippen LogP contribution in [-0.4, -0.2) is 19.7 Å². The molecular weight excluding hydrogens is 311 g/mol. The second-order valence-electron chi connectivity index (χ2n) is 4.79. The van der Waals surface area contributed by atoms with Crippen molar-refractivity contribution in [1.82, 2.24) is 14.6 Å². The number of aryl methyl sites for hydroxylation is 1. The summed E-state index contributed by atoms with van der Waals surface area (Å²) in [7, 11) is 0. The maximum absolute atomic E-state index is 12.8. The maximum atomic E-state index is 12.8. The van der Waals surface area contributed by atoms with E-state index in [1.807, 2.05) is 0 Å². The third-order valence-electron chi connectivity index (χ3n) is 3.25. The zero-order chi connectivity index (χ0) is 16.6. The van der Waals surface area contributed by atoms with Gasteiger partial charge in [-0.25, -0.2) is 4.98 Å². The summed E-state index contributed by atoms with van der Waals surface area (Å²) in [4.78, 5) is 4.28. The first-order chi connectivity index (χ1) is 10.9. The molecule has 3 aromatic rings. The number of aromatic nitrogens is 3. The zero-order valence-corrected chi connectivity index (χ0v) is 12.0. The molecule has 2 heterocycles. The Kier molecular flexibility index (Phi) is 3.59. The first kappa shape index (κ1) is 15.1. The standard InChI is InChI=1S/C15H12F3N3O2/c1-2-11-13(14(22)21-12(20-11)6-7-19-21)23-10-5-3-4-9(8-10)15(16,17)18/h3-8,22H,2H2,1H3. The monoisotopic (exact) mass is 323 g/mol. The average Bonchev–Trinajstić information content (AvgIpc) is 2.98. The number of benzene rings is 1. The van der Waals surface area contributed by atoms with E-state index in [9.17, 15) is 18.3 Å². The molecule has 5 nitrogen and oxygen atoms in total. The van der Waals surface area contributed by atoms with Crippen molar-refractivity contribution in [3.05, 3.63) is 47.8 Å². The Morgan fingerprint density at radius 3 is 2.74 bits per heavy atom. The van der Waals surface area contributed by atoms with Crippen LogP contribution in [0, 0.1) is 0 Å². The van der Waals surface area contributed by atoms with Gasteiger partial charge in [0.1, 0.15) is 5.75 Å². The van der Waals surface area contributed by atoms with Gasteiger partial charge in [-0.1, -0.05) is 13.0 Å². The second kappa shape index (κ2) is 5.45. The van der Waals surface area contributed by atoms with E-state index in [1.165, 1.54) is 18.3 Å². The molecule has 2 aromatic heterocycles. The summed E-state index contributed by atoms with van der Waals surface area (Å²) in [5.74, 6) is -0.365. The molecule has 0 aliphatic heterocycles. The predicted octanol–water partition coefficient (Wildman–Crippen LogP) is 3.81. The number of aromatic hydroxyl groups is 1. The number of nitrogens with zero attached hydrogens (tertiary/aromatic N) is 3. The van der Waals surface area contributed by atoms with Crippen LogP contribution in [0.4, 0.5) is 13.2 Å². The highest BCUT2D eigenvalue weighted by atomic mass is 19.4. The van der Waals surface area contributed by atoms with Crippen molar-refractivity contribution in [1.29, 1.82) is 0 Å². The minimum Gasteiger partial charge on any atom is -0.490 e. The SMILES string of the molecule is CCc1nc2ccnn2c(O)c1Oc1cccc(C(F)(F)F)c1. The molecule has 0 radical (unpaired) electrons. The van der Waals surface area contributed by atoms with Crippen molar-refractivity contribution in [2.24, 2.45) is 0 Å². The zero-order valence-electron chi connectivity index (χ0n) is 12.0. The minimum absolute atomic E-state index is 0.0111. The lowest BCUT2D eigenvalue weighted by atomic mass is 10.2. The number of alkyl halides is 3. The number of rotatable bonds is 3. The average molecular weight is 323 g/mol. The van der Waals surface area contributed by atoms with Crippen LogP contribution < -0.4 is 4.74 Å². The largest absolute Gasteiger partial charge is 0.490 e. The fourth-order valence-corrected chi connectivity index (χ4v) is 2.16. The highest BCUT2D eigenvalue weighted by Crippen LogP contribution is 2.36. The van der Waals surface area contributed by atoms with E-state index in [1.54, 1.807) is 13.0 Å². The number of fused-ring (bicyclic) bond motifs is 1. The van der Waals surface area contributed by atoms with Crippen molar-refractivity contribution in [3.8, 4) is 17.4 Å². The molecule has 0 aliphatic carbocycles. The van der Waals surface area contributed by atoms with E-state index < -0.39 is 11.7 Å². The molecule has 3 rings (SSSR count). The van der Waals surface area contributed by atoms with Gasteiger partial charge < -0.3 is 9.84 Å². The predicted molar refractivity (Wildman–Crippen MR) is 75.5 cm³/mol. The van der Waals surface area contributed by atoms with Crippen LogP contribution in [0.3, 0.4) is 0 Å². The highest BCUT2D eigenvalue weighted by molar-refractivity contribution is 5.50. The third kappa shape index (κ3) is 2.79. The lowest BCUT2D eigenvalue weighted by Gasteiger charge is -2.13. The Morgan fingerprint density at radius 1 is 1.26 bits per heavy atom. The first-order valence-electron chi connectivity index (χ1n) is 6.81. The van der Waals surface area contributed by atoms with E-state index in [2.05, 4.69) is 10.1 Å². The van der Waals surface area contributed by atoms with Gasteiger partial charge in [0.25, 0.3) is 5.88 Å². The summed E-state index contributed by atoms with van der Waals surface area (Å²) in [5, 5.41) is 14.2. The third-order valence-corrected chi connectivity index (χ3v) is 3.25. The lowest BCUT2D eigenvalue weighted by Crippen LogP contribution is -2.05. The molecule has 0 unspecified atom stereocenters. The van der Waals surface area contributed by atoms with Crippen LogP contribution in [0.25, 0.3) is 5.65 Å². The maximum Gasteiger partial charge on any atom is 0.416 e. The molecule has 0 saturated heterocycles. The van der Waals surface area contributed by atoms with Crippen LogP contribution in [0.2, 0.25) is 0 Å². The summed E-state index contributed by atoms with van der Waals surface area (Å²) in [6.07, 6.45) is -2.59. The van der Waals surface area contributed by atoms with Gasteiger partial charge in [-0.2, -0.15) is 22.8 Å². The van der Waals surface area contributed by atoms with Crippen LogP contribution in [0.15, 0.2) is 36.5 Å². The number of ether oxygens (including phenoxy) is 1. The van der Waals surface area contributed by atoms with Gasteiger partial charge in [0, 0.05) is 6.07 Å². The van der Waals surface area contributed by atoms with Crippen molar-refractivity contribution < 1.29 is 23.0 Å². The number of hydrogen-bond acceptors (Lipinski definition) is 4. The molecular formula is C15H12F3N3O2. The Hall–Kier alpha value is -2.77. The summed E-state index contributed by atoms with van der Waals surface area (Å²) < 4.78 is 44.9. The summed E-state index contributed by atoms with van der Waals surface area (Å²) in [6, 6.07) is 6.03. The molecule has 23 heavy (non-hydrogen) atoms. The fourth-order valence-electron chi connectivity index (χ4n) is 2.16. The van der Waals surface area contributed by atoms with E-state index in [4.69, 9.17) is 4.74 Å². The van der Waals surface area contributed by atoms with Crippen LogP contribution in [0.1, 0.15) is 18.2 Å². The molecule has 0 amide bonds. The minimum atomic E-state index is -4.47. The molecule has 120 valence electrons. The molecule has 0 spiro atoms. The lowest BCUT2D eigenvalue weighted by molar-refractivity contribution is -0.137. The molecule has 1 aromatic carbocycles. The highest BCUT2D eigenvalue weighted by Gasteiger charge is 2.30. The normalized spacial score (nSPS) is 11.8. The quantitative estimate of drug-likeness (QED) is 0.796. The number of hydrogen-bond donors (Lipinski definition) is 1. The van der Waals surface area contributed by atoms with Gasteiger partial charge in [-0.3, -0.25) is 0 Å². The fraction of sp³-hybridized carbons (Fsp3) is 0.200. The van der Waals surface area contributed by atoms with E-state index >= 15 is 0 Å². The topological polar surface area (TPSA) is 59.7 Å². The molecule has 0 fully saturated rings. The van der Waals surface area contributed by atoms with E-state index in [-0.39, 0.29) is 17.4 Å². The van der Waals surface area contributed by atoms with Gasteiger partial charge in [0.15, 0.2) is 5.65 Å². The van der Waals surface area contributed by atoms with Crippen LogP contribution >= 0.6 is 0 Å². The summed E-state index contributed by atoms with van der Waals surface area (Å²) >= 11 is 0. The van der Waals surface area contributed by atoms with E-state index in [0.717, 1.165) is 16.6 Å². The van der Waals surface area contributed by atoms with Gasteiger partial charge in [0.05, 0.1) is 17.5 Å². The summed E-state index contributed by atoms with van der Waals surface area (Å²) in [6.45, 7) is 1.80. The Bertz CT molecular complexity index is 859. The number of halogens is 3. The van der Waals surface area contributed by atoms with Crippen LogP contribution in [-0.2, 0) is 12.6 Å². The van der Waals surface area contributed by atoms with Gasteiger partial charge in [-0.05, 0) is 24.6 Å². The molecule has 0 atom stereocenters. The molecule has 0 aliphatic rings.